The van der Waals surface area contributed by atoms with E-state index in [2.05, 4.69) is 27.8 Å². The fourth-order valence-electron chi connectivity index (χ4n) is 5.26. The summed E-state index contributed by atoms with van der Waals surface area (Å²) in [6.07, 6.45) is 8.37. The zero-order chi connectivity index (χ0) is 18.9. The molecule has 5 nitrogen and oxygen atoms in total. The predicted molar refractivity (Wildman–Crippen MR) is 109 cm³/mol. The Morgan fingerprint density at radius 1 is 1.14 bits per heavy atom. The van der Waals surface area contributed by atoms with E-state index in [0.29, 0.717) is 12.0 Å². The monoisotopic (exact) mass is 379 g/mol. The average Bonchev–Trinajstić information content (AvgIpc) is 2.70. The molecule has 2 saturated carbocycles. The summed E-state index contributed by atoms with van der Waals surface area (Å²) in [5.74, 6) is 2.78. The largest absolute Gasteiger partial charge is 0.490 e. The molecule has 2 aliphatic carbocycles. The van der Waals surface area contributed by atoms with Gasteiger partial charge in [-0.15, -0.1) is 0 Å². The zero-order valence-corrected chi connectivity index (χ0v) is 16.3. The Morgan fingerprint density at radius 3 is 2.89 bits per heavy atom. The Balaban J connectivity index is 1.11. The SMILES string of the molecule is O=C(NC1CCC(Oc2ccc3ncccc3c2)CC1)[C@@H]1C[C@H]2CCNC[C@H]21. The summed E-state index contributed by atoms with van der Waals surface area (Å²) in [5, 5.41) is 7.88. The van der Waals surface area contributed by atoms with Gasteiger partial charge in [0.1, 0.15) is 5.75 Å². The molecule has 1 amide bonds. The van der Waals surface area contributed by atoms with Gasteiger partial charge in [0.05, 0.1) is 11.6 Å². The van der Waals surface area contributed by atoms with Gasteiger partial charge in [-0.05, 0) is 87.7 Å². The second-order valence-electron chi connectivity index (χ2n) is 8.72. The summed E-state index contributed by atoms with van der Waals surface area (Å²) < 4.78 is 6.22. The van der Waals surface area contributed by atoms with Crippen molar-refractivity contribution in [2.24, 2.45) is 17.8 Å². The molecule has 1 aromatic carbocycles. The Labute approximate surface area is 166 Å². The van der Waals surface area contributed by atoms with E-state index in [4.69, 9.17) is 4.74 Å². The molecule has 3 atom stereocenters. The average molecular weight is 380 g/mol. The van der Waals surface area contributed by atoms with Crippen LogP contribution in [0.3, 0.4) is 0 Å². The van der Waals surface area contributed by atoms with Crippen molar-refractivity contribution in [3.05, 3.63) is 36.5 Å². The van der Waals surface area contributed by atoms with Crippen molar-refractivity contribution >= 4 is 16.8 Å². The lowest BCUT2D eigenvalue weighted by molar-refractivity contribution is -0.135. The summed E-state index contributed by atoms with van der Waals surface area (Å²) in [6, 6.07) is 10.4. The van der Waals surface area contributed by atoms with Crippen molar-refractivity contribution in [1.29, 1.82) is 0 Å². The second-order valence-corrected chi connectivity index (χ2v) is 8.72. The number of hydrogen-bond acceptors (Lipinski definition) is 4. The number of hydrogen-bond donors (Lipinski definition) is 2. The maximum atomic E-state index is 12.7. The number of pyridine rings is 1. The van der Waals surface area contributed by atoms with E-state index in [9.17, 15) is 4.79 Å². The molecule has 0 unspecified atom stereocenters. The van der Waals surface area contributed by atoms with Gasteiger partial charge in [0.2, 0.25) is 5.91 Å². The van der Waals surface area contributed by atoms with Gasteiger partial charge in [0.25, 0.3) is 0 Å². The van der Waals surface area contributed by atoms with Gasteiger partial charge in [-0.25, -0.2) is 0 Å². The topological polar surface area (TPSA) is 63.2 Å². The molecule has 28 heavy (non-hydrogen) atoms. The van der Waals surface area contributed by atoms with Crippen LogP contribution < -0.4 is 15.4 Å². The van der Waals surface area contributed by atoms with E-state index in [1.54, 1.807) is 0 Å². The van der Waals surface area contributed by atoms with Crippen molar-refractivity contribution in [2.75, 3.05) is 13.1 Å². The van der Waals surface area contributed by atoms with Crippen molar-refractivity contribution in [3.8, 4) is 5.75 Å². The molecule has 1 saturated heterocycles. The fraction of sp³-hybridized carbons (Fsp3) is 0.565. The molecule has 2 heterocycles. The summed E-state index contributed by atoms with van der Waals surface area (Å²) in [7, 11) is 0. The van der Waals surface area contributed by atoms with Crippen LogP contribution in [0.25, 0.3) is 10.9 Å². The van der Waals surface area contributed by atoms with Crippen LogP contribution in [0.4, 0.5) is 0 Å². The highest BCUT2D eigenvalue weighted by atomic mass is 16.5. The number of aromatic nitrogens is 1. The molecule has 1 aliphatic heterocycles. The Kier molecular flexibility index (Phi) is 4.93. The summed E-state index contributed by atoms with van der Waals surface area (Å²) >= 11 is 0. The van der Waals surface area contributed by atoms with Crippen LogP contribution in [0.15, 0.2) is 36.5 Å². The highest BCUT2D eigenvalue weighted by Crippen LogP contribution is 2.44. The molecule has 2 aromatic rings. The molecule has 1 aromatic heterocycles. The lowest BCUT2D eigenvalue weighted by Crippen LogP contribution is -2.55. The number of benzene rings is 1. The van der Waals surface area contributed by atoms with Crippen molar-refractivity contribution in [2.45, 2.75) is 50.7 Å². The summed E-state index contributed by atoms with van der Waals surface area (Å²) in [6.45, 7) is 2.14. The molecule has 0 spiro atoms. The number of nitrogens with zero attached hydrogens (tertiary/aromatic N) is 1. The smallest absolute Gasteiger partial charge is 0.223 e. The number of carbonyl (C=O) groups excluding carboxylic acids is 1. The highest BCUT2D eigenvalue weighted by Gasteiger charge is 2.46. The number of nitrogens with one attached hydrogen (secondary N) is 2. The molecule has 3 aliphatic rings. The fourth-order valence-corrected chi connectivity index (χ4v) is 5.26. The minimum atomic E-state index is 0.234. The first-order valence-electron chi connectivity index (χ1n) is 10.8. The third-order valence-corrected chi connectivity index (χ3v) is 6.99. The van der Waals surface area contributed by atoms with Crippen LogP contribution >= 0.6 is 0 Å². The third-order valence-electron chi connectivity index (χ3n) is 6.99. The lowest BCUT2D eigenvalue weighted by Gasteiger charge is -2.47. The van der Waals surface area contributed by atoms with Crippen molar-refractivity contribution in [3.63, 3.8) is 0 Å². The van der Waals surface area contributed by atoms with Gasteiger partial charge < -0.3 is 15.4 Å². The molecule has 2 N–H and O–H groups in total. The van der Waals surface area contributed by atoms with Gasteiger partial charge in [-0.1, -0.05) is 6.07 Å². The molecule has 148 valence electrons. The number of amides is 1. The number of rotatable bonds is 4. The Hall–Kier alpha value is -2.14. The van der Waals surface area contributed by atoms with Gasteiger partial charge in [-0.2, -0.15) is 0 Å². The molecule has 3 fully saturated rings. The standard InChI is InChI=1S/C23H29N3O2/c27-23(20-13-15-9-11-24-14-21(15)20)26-17-3-5-18(6-4-17)28-19-7-8-22-16(12-19)2-1-10-25-22/h1-2,7-8,10,12,15,17-18,20-21,24H,3-6,9,11,13-14H2,(H,26,27)/t15-,17?,18?,20-,21-/m1/s1. The van der Waals surface area contributed by atoms with E-state index >= 15 is 0 Å². The van der Waals surface area contributed by atoms with Crippen LogP contribution in [-0.4, -0.2) is 36.1 Å². The lowest BCUT2D eigenvalue weighted by atomic mass is 9.61. The van der Waals surface area contributed by atoms with Gasteiger partial charge in [0, 0.05) is 23.5 Å². The van der Waals surface area contributed by atoms with Crippen molar-refractivity contribution < 1.29 is 9.53 Å². The third kappa shape index (κ3) is 3.60. The number of piperidine rings is 1. The van der Waals surface area contributed by atoms with Gasteiger partial charge >= 0.3 is 0 Å². The molecule has 5 rings (SSSR count). The minimum Gasteiger partial charge on any atom is -0.490 e. The van der Waals surface area contributed by atoms with Crippen molar-refractivity contribution in [1.82, 2.24) is 15.6 Å². The van der Waals surface area contributed by atoms with Gasteiger partial charge in [0.15, 0.2) is 0 Å². The first-order chi connectivity index (χ1) is 13.8. The summed E-state index contributed by atoms with van der Waals surface area (Å²) in [5.41, 5.74) is 0.993. The van der Waals surface area contributed by atoms with Crippen LogP contribution in [0.5, 0.6) is 5.75 Å². The van der Waals surface area contributed by atoms with E-state index in [1.165, 1.54) is 6.42 Å². The van der Waals surface area contributed by atoms with Crippen LogP contribution in [0.1, 0.15) is 38.5 Å². The number of fused-ring (bicyclic) bond motifs is 2. The normalized spacial score (nSPS) is 32.2. The molecule has 0 radical (unpaired) electrons. The van der Waals surface area contributed by atoms with Gasteiger partial charge in [-0.3, -0.25) is 9.78 Å². The second kappa shape index (κ2) is 7.70. The molecular weight excluding hydrogens is 350 g/mol. The van der Waals surface area contributed by atoms with E-state index < -0.39 is 0 Å². The minimum absolute atomic E-state index is 0.234. The molecule has 5 heteroatoms. The van der Waals surface area contributed by atoms with Crippen LogP contribution in [0, 0.1) is 17.8 Å². The predicted octanol–water partition coefficient (Wildman–Crippen LogP) is 3.29. The maximum absolute atomic E-state index is 12.7. The first kappa shape index (κ1) is 17.9. The van der Waals surface area contributed by atoms with Crippen LogP contribution in [-0.2, 0) is 4.79 Å². The first-order valence-corrected chi connectivity index (χ1v) is 10.8. The maximum Gasteiger partial charge on any atom is 0.223 e. The van der Waals surface area contributed by atoms with E-state index in [0.717, 1.165) is 67.8 Å². The Bertz CT molecular complexity index is 847. The van der Waals surface area contributed by atoms with E-state index in [-0.39, 0.29) is 17.9 Å². The number of carbonyl (C=O) groups is 1. The highest BCUT2D eigenvalue weighted by molar-refractivity contribution is 5.80. The quantitative estimate of drug-likeness (QED) is 0.856. The van der Waals surface area contributed by atoms with E-state index in [1.807, 2.05) is 24.4 Å². The Morgan fingerprint density at radius 2 is 2.04 bits per heavy atom. The molecule has 0 bridgehead atoms. The van der Waals surface area contributed by atoms with Crippen LogP contribution in [0.2, 0.25) is 0 Å². The molecular formula is C23H29N3O2. The number of ether oxygens (including phenoxy) is 1. The zero-order valence-electron chi connectivity index (χ0n) is 16.3. The summed E-state index contributed by atoms with van der Waals surface area (Å²) in [4.78, 5) is 17.0.